The third-order valence-electron chi connectivity index (χ3n) is 6.64. The molecule has 0 fully saturated rings. The second-order valence-electron chi connectivity index (χ2n) is 8.80. The molecule has 160 valence electrons. The summed E-state index contributed by atoms with van der Waals surface area (Å²) in [6, 6.07) is 13.7. The van der Waals surface area contributed by atoms with Crippen LogP contribution >= 0.6 is 0 Å². The molecule has 0 aromatic heterocycles. The molecule has 4 rings (SSSR count). The van der Waals surface area contributed by atoms with Gasteiger partial charge in [0.1, 0.15) is 0 Å². The van der Waals surface area contributed by atoms with Crippen molar-refractivity contribution in [3.05, 3.63) is 117 Å². The smallest absolute Gasteiger partial charge is 1.00 e. The summed E-state index contributed by atoms with van der Waals surface area (Å²) in [5.74, 6) is 0. The van der Waals surface area contributed by atoms with Gasteiger partial charge in [-0.1, -0.05) is 0 Å². The number of allylic oxidation sites excluding steroid dienone is 8. The number of rotatable bonds is 4. The van der Waals surface area contributed by atoms with Crippen LogP contribution in [-0.4, -0.2) is 0 Å². The number of hydrogen-bond donors (Lipinski definition) is 0. The van der Waals surface area contributed by atoms with E-state index in [1.54, 1.807) is 0 Å². The molecule has 31 heavy (non-hydrogen) atoms. The molecule has 2 atom stereocenters. The fourth-order valence-electron chi connectivity index (χ4n) is 4.80. The summed E-state index contributed by atoms with van der Waals surface area (Å²) >= 11 is -1.10. The summed E-state index contributed by atoms with van der Waals surface area (Å²) < 4.78 is 0.149. The largest absolute Gasteiger partial charge is 1.00 e. The Morgan fingerprint density at radius 1 is 0.581 bits per heavy atom. The maximum atomic E-state index is 2.56. The molecule has 2 aliphatic carbocycles. The normalized spacial score (nSPS) is 23.5. The molecule has 0 saturated heterocycles. The van der Waals surface area contributed by atoms with Crippen LogP contribution in [0.4, 0.5) is 0 Å². The van der Waals surface area contributed by atoms with Crippen molar-refractivity contribution < 1.29 is 48.0 Å². The maximum Gasteiger partial charge on any atom is -1.00 e. The molecule has 0 N–H and O–H groups in total. The van der Waals surface area contributed by atoms with E-state index in [-0.39, 0.29) is 31.1 Å². The second-order valence-corrected chi connectivity index (χ2v) is 13.5. The molecule has 3 heteroatoms. The van der Waals surface area contributed by atoms with E-state index in [2.05, 4.69) is 114 Å². The molecule has 0 amide bonds. The molecule has 2 aromatic rings. The Hall–Kier alpha value is -1.14. The van der Waals surface area contributed by atoms with Gasteiger partial charge in [0, 0.05) is 0 Å². The minimum Gasteiger partial charge on any atom is -1.00 e. The van der Waals surface area contributed by atoms with Crippen molar-refractivity contribution in [1.29, 1.82) is 0 Å². The molecule has 0 aliphatic heterocycles. The molecule has 0 spiro atoms. The average molecular weight is 529 g/mol. The standard InChI is InChI=1S/2C14H15.2ClH.Zr/c2*1-10-7-8-13(9-10)14-6-4-5-11(2)12(14)3;;;/h2*4-9H,1-3H3;2*1H;/q;;;;+2/p-2. The summed E-state index contributed by atoms with van der Waals surface area (Å²) in [6.07, 6.45) is 14.8. The van der Waals surface area contributed by atoms with E-state index in [1.165, 1.54) is 44.5 Å². The Bertz CT molecular complexity index is 1020. The van der Waals surface area contributed by atoms with Crippen molar-refractivity contribution in [1.82, 2.24) is 0 Å². The van der Waals surface area contributed by atoms with Crippen LogP contribution in [0.3, 0.4) is 0 Å². The Morgan fingerprint density at radius 2 is 0.968 bits per heavy atom. The van der Waals surface area contributed by atoms with Gasteiger partial charge in [-0.05, 0) is 0 Å². The van der Waals surface area contributed by atoms with Crippen LogP contribution < -0.4 is 24.8 Å². The monoisotopic (exact) mass is 526 g/mol. The molecule has 0 heterocycles. The van der Waals surface area contributed by atoms with Crippen LogP contribution in [0.1, 0.15) is 47.2 Å². The van der Waals surface area contributed by atoms with Crippen LogP contribution in [0.5, 0.6) is 0 Å². The third kappa shape index (κ3) is 4.66. The fourth-order valence-corrected chi connectivity index (χ4v) is 10.8. The van der Waals surface area contributed by atoms with E-state index in [4.69, 9.17) is 0 Å². The quantitative estimate of drug-likeness (QED) is 0.559. The van der Waals surface area contributed by atoms with E-state index in [0.717, 1.165) is 0 Å². The molecule has 0 radical (unpaired) electrons. The first-order valence-electron chi connectivity index (χ1n) is 10.5. The van der Waals surface area contributed by atoms with Crippen LogP contribution in [0.2, 0.25) is 0 Å². The first kappa shape index (κ1) is 26.1. The molecule has 2 unspecified atom stereocenters. The zero-order valence-electron chi connectivity index (χ0n) is 19.2. The predicted molar refractivity (Wildman–Crippen MR) is 121 cm³/mol. The molecule has 2 aromatic carbocycles. The first-order valence-corrected chi connectivity index (χ1v) is 12.9. The summed E-state index contributed by atoms with van der Waals surface area (Å²) in [6.45, 7) is 13.6. The molecule has 0 saturated carbocycles. The summed E-state index contributed by atoms with van der Waals surface area (Å²) in [5, 5.41) is 0. The van der Waals surface area contributed by atoms with Crippen molar-refractivity contribution in [2.45, 2.75) is 47.8 Å². The molecule has 0 bridgehead atoms. The summed E-state index contributed by atoms with van der Waals surface area (Å²) in [7, 11) is 0. The topological polar surface area (TPSA) is 0 Å². The van der Waals surface area contributed by atoms with Crippen LogP contribution in [-0.2, 0) is 29.5 Å². The van der Waals surface area contributed by atoms with Gasteiger partial charge >= 0.3 is 188 Å². The Balaban J connectivity index is 0.00000171. The molecular weight excluding hydrogens is 498 g/mol. The second kappa shape index (κ2) is 9.78. The van der Waals surface area contributed by atoms with Gasteiger partial charge in [0.05, 0.1) is 0 Å². The van der Waals surface area contributed by atoms with E-state index in [9.17, 15) is 0 Å². The first-order chi connectivity index (χ1) is 13.8. The fraction of sp³-hybridized carbons (Fsp3) is 0.286. The molecule has 0 nitrogen and oxygen atoms in total. The van der Waals surface area contributed by atoms with Gasteiger partial charge in [-0.25, -0.2) is 0 Å². The van der Waals surface area contributed by atoms with E-state index in [0.29, 0.717) is 0 Å². The third-order valence-corrected chi connectivity index (χ3v) is 11.5. The van der Waals surface area contributed by atoms with Gasteiger partial charge in [-0.2, -0.15) is 0 Å². The Morgan fingerprint density at radius 3 is 1.29 bits per heavy atom. The summed E-state index contributed by atoms with van der Waals surface area (Å²) in [4.78, 5) is 0. The van der Waals surface area contributed by atoms with Crippen LogP contribution in [0.15, 0.2) is 84.0 Å². The molecular formula is C28H30Cl2Zr. The van der Waals surface area contributed by atoms with E-state index < -0.39 is 23.2 Å². The average Bonchev–Trinajstić information content (AvgIpc) is 3.23. The van der Waals surface area contributed by atoms with Crippen molar-refractivity contribution in [3.63, 3.8) is 0 Å². The minimum atomic E-state index is -1.10. The maximum absolute atomic E-state index is 2.56. The van der Waals surface area contributed by atoms with E-state index in [1.807, 2.05) is 0 Å². The van der Waals surface area contributed by atoms with E-state index >= 15 is 0 Å². The number of halogens is 2. The van der Waals surface area contributed by atoms with Gasteiger partial charge in [-0.15, -0.1) is 0 Å². The molecule has 2 aliphatic rings. The number of benzene rings is 2. The Kier molecular flexibility index (Phi) is 8.24. The summed E-state index contributed by atoms with van der Waals surface area (Å²) in [5.41, 5.74) is 11.5. The minimum absolute atomic E-state index is 0. The zero-order valence-corrected chi connectivity index (χ0v) is 23.2. The van der Waals surface area contributed by atoms with Gasteiger partial charge in [0.25, 0.3) is 0 Å². The van der Waals surface area contributed by atoms with Crippen molar-refractivity contribution in [3.8, 4) is 0 Å². The Labute approximate surface area is 212 Å². The van der Waals surface area contributed by atoms with Crippen molar-refractivity contribution >= 4 is 0 Å². The SMILES string of the molecule is CC1=C[C]([Zr+2][C]2(c3cccc(C)c3C)C=CC(C)=C2)(c2cccc(C)c2C)C=C1.[Cl-].[Cl-]. The van der Waals surface area contributed by atoms with Gasteiger partial charge < -0.3 is 24.8 Å². The van der Waals surface area contributed by atoms with Gasteiger partial charge in [0.2, 0.25) is 0 Å². The van der Waals surface area contributed by atoms with Crippen molar-refractivity contribution in [2.75, 3.05) is 0 Å². The van der Waals surface area contributed by atoms with Crippen molar-refractivity contribution in [2.24, 2.45) is 0 Å². The van der Waals surface area contributed by atoms with Gasteiger partial charge in [-0.3, -0.25) is 0 Å². The van der Waals surface area contributed by atoms with Gasteiger partial charge in [0.15, 0.2) is 0 Å². The predicted octanol–water partition coefficient (Wildman–Crippen LogP) is 1.13. The number of hydrogen-bond acceptors (Lipinski definition) is 0. The number of aryl methyl sites for hydroxylation is 2. The van der Waals surface area contributed by atoms with Crippen LogP contribution in [0, 0.1) is 27.7 Å². The van der Waals surface area contributed by atoms with Crippen LogP contribution in [0.25, 0.3) is 0 Å². The zero-order chi connectivity index (χ0) is 20.8.